The van der Waals surface area contributed by atoms with E-state index in [0.717, 1.165) is 34.3 Å². The van der Waals surface area contributed by atoms with Crippen molar-refractivity contribution in [1.29, 1.82) is 0 Å². The highest BCUT2D eigenvalue weighted by Crippen LogP contribution is 2.28. The van der Waals surface area contributed by atoms with E-state index in [1.54, 1.807) is 12.4 Å². The maximum absolute atomic E-state index is 12.3. The summed E-state index contributed by atoms with van der Waals surface area (Å²) in [6, 6.07) is 7.83. The smallest absolute Gasteiger partial charge is 0.246 e. The summed E-state index contributed by atoms with van der Waals surface area (Å²) in [4.78, 5) is 16.9. The molecule has 22 heavy (non-hydrogen) atoms. The van der Waals surface area contributed by atoms with Crippen LogP contribution in [0, 0.1) is 6.92 Å². The van der Waals surface area contributed by atoms with Crippen molar-refractivity contribution in [3.8, 4) is 0 Å². The van der Waals surface area contributed by atoms with Crippen LogP contribution in [-0.4, -0.2) is 25.9 Å². The van der Waals surface area contributed by atoms with Crippen LogP contribution in [0.15, 0.2) is 36.7 Å². The van der Waals surface area contributed by atoms with Crippen molar-refractivity contribution in [2.45, 2.75) is 26.8 Å². The zero-order valence-corrected chi connectivity index (χ0v) is 12.6. The van der Waals surface area contributed by atoms with Gasteiger partial charge in [0.2, 0.25) is 5.91 Å². The largest absolute Gasteiger partial charge is 0.324 e. The first-order valence-corrected chi connectivity index (χ1v) is 7.21. The lowest BCUT2D eigenvalue weighted by atomic mass is 10.0. The molecule has 0 radical (unpaired) electrons. The number of nitrogens with zero attached hydrogens (tertiary/aromatic N) is 4. The summed E-state index contributed by atoms with van der Waals surface area (Å²) in [7, 11) is 0. The van der Waals surface area contributed by atoms with Crippen molar-refractivity contribution in [2.75, 3.05) is 5.32 Å². The third-order valence-corrected chi connectivity index (χ3v) is 3.60. The molecule has 0 spiro atoms. The minimum atomic E-state index is -0.129. The molecule has 0 bridgehead atoms. The Morgan fingerprint density at radius 1 is 1.32 bits per heavy atom. The molecule has 6 nitrogen and oxygen atoms in total. The summed E-state index contributed by atoms with van der Waals surface area (Å²) in [5, 5.41) is 11.5. The number of aryl methyl sites for hydroxylation is 1. The maximum Gasteiger partial charge on any atom is 0.246 e. The predicted octanol–water partition coefficient (Wildman–Crippen LogP) is 2.34. The van der Waals surface area contributed by atoms with Crippen LogP contribution >= 0.6 is 0 Å². The van der Waals surface area contributed by atoms with Crippen LogP contribution in [0.5, 0.6) is 0 Å². The topological polar surface area (TPSA) is 72.7 Å². The van der Waals surface area contributed by atoms with Gasteiger partial charge in [-0.2, -0.15) is 0 Å². The fraction of sp³-hybridized carbons (Fsp3) is 0.250. The average Bonchev–Trinajstić information content (AvgIpc) is 3.00. The van der Waals surface area contributed by atoms with Gasteiger partial charge in [0, 0.05) is 17.3 Å². The number of hydrogen-bond donors (Lipinski definition) is 1. The highest BCUT2D eigenvalue weighted by atomic mass is 16.2. The van der Waals surface area contributed by atoms with E-state index in [1.807, 2.05) is 31.2 Å². The number of nitrogens with one attached hydrogen (secondary N) is 1. The van der Waals surface area contributed by atoms with Gasteiger partial charge in [-0.3, -0.25) is 9.78 Å². The summed E-state index contributed by atoms with van der Waals surface area (Å²) in [6.45, 7) is 4.17. The fourth-order valence-electron chi connectivity index (χ4n) is 2.59. The van der Waals surface area contributed by atoms with Crippen molar-refractivity contribution >= 4 is 22.5 Å². The van der Waals surface area contributed by atoms with Crippen molar-refractivity contribution < 1.29 is 4.79 Å². The van der Waals surface area contributed by atoms with Crippen LogP contribution in [-0.2, 0) is 17.8 Å². The first-order chi connectivity index (χ1) is 10.7. The fourth-order valence-corrected chi connectivity index (χ4v) is 2.59. The van der Waals surface area contributed by atoms with E-state index >= 15 is 0 Å². The second kappa shape index (κ2) is 5.93. The van der Waals surface area contributed by atoms with Gasteiger partial charge in [0.1, 0.15) is 6.54 Å². The molecule has 1 aromatic carbocycles. The lowest BCUT2D eigenvalue weighted by molar-refractivity contribution is -0.116. The number of carbonyl (C=O) groups is 1. The van der Waals surface area contributed by atoms with E-state index in [0.29, 0.717) is 0 Å². The zero-order valence-electron chi connectivity index (χ0n) is 12.6. The second-order valence-corrected chi connectivity index (χ2v) is 5.07. The van der Waals surface area contributed by atoms with Crippen LogP contribution in [0.3, 0.4) is 0 Å². The van der Waals surface area contributed by atoms with Crippen molar-refractivity contribution in [2.24, 2.45) is 0 Å². The van der Waals surface area contributed by atoms with Gasteiger partial charge < -0.3 is 5.32 Å². The van der Waals surface area contributed by atoms with Crippen molar-refractivity contribution in [1.82, 2.24) is 20.0 Å². The average molecular weight is 295 g/mol. The first kappa shape index (κ1) is 14.2. The monoisotopic (exact) mass is 295 g/mol. The van der Waals surface area contributed by atoms with Gasteiger partial charge in [-0.25, -0.2) is 4.68 Å². The molecule has 3 rings (SSSR count). The number of benzene rings is 1. The number of fused-ring (bicyclic) bond motifs is 1. The molecule has 112 valence electrons. The van der Waals surface area contributed by atoms with Gasteiger partial charge in [-0.1, -0.05) is 30.3 Å². The predicted molar refractivity (Wildman–Crippen MR) is 84.5 cm³/mol. The summed E-state index contributed by atoms with van der Waals surface area (Å²) in [6.07, 6.45) is 4.02. The van der Waals surface area contributed by atoms with Gasteiger partial charge in [0.25, 0.3) is 0 Å². The molecule has 0 aliphatic heterocycles. The number of rotatable bonds is 4. The molecule has 6 heteroatoms. The Labute approximate surface area is 128 Å². The van der Waals surface area contributed by atoms with Crippen LogP contribution in [0.25, 0.3) is 10.9 Å². The number of para-hydroxylation sites is 1. The van der Waals surface area contributed by atoms with E-state index in [1.165, 1.54) is 4.68 Å². The number of hydrogen-bond acceptors (Lipinski definition) is 4. The molecule has 1 amide bonds. The van der Waals surface area contributed by atoms with Crippen molar-refractivity contribution in [3.05, 3.63) is 47.9 Å². The Bertz CT molecular complexity index is 811. The number of anilines is 1. The molecule has 2 aromatic heterocycles. The highest BCUT2D eigenvalue weighted by Gasteiger charge is 2.14. The molecule has 0 saturated carbocycles. The molecule has 2 heterocycles. The number of carbonyl (C=O) groups excluding carboxylic acids is 1. The Balaban J connectivity index is 1.99. The maximum atomic E-state index is 12.3. The molecule has 3 aromatic rings. The van der Waals surface area contributed by atoms with Gasteiger partial charge in [0.05, 0.1) is 17.4 Å². The third kappa shape index (κ3) is 2.67. The molecule has 1 N–H and O–H groups in total. The van der Waals surface area contributed by atoms with E-state index < -0.39 is 0 Å². The third-order valence-electron chi connectivity index (χ3n) is 3.60. The Hall–Kier alpha value is -2.76. The van der Waals surface area contributed by atoms with Crippen LogP contribution in [0.4, 0.5) is 5.69 Å². The highest BCUT2D eigenvalue weighted by molar-refractivity contribution is 6.02. The summed E-state index contributed by atoms with van der Waals surface area (Å²) < 4.78 is 1.50. The van der Waals surface area contributed by atoms with Gasteiger partial charge in [0.15, 0.2) is 0 Å². The van der Waals surface area contributed by atoms with Gasteiger partial charge in [-0.15, -0.1) is 5.10 Å². The van der Waals surface area contributed by atoms with E-state index in [4.69, 9.17) is 0 Å². The number of pyridine rings is 1. The SMILES string of the molecule is CCc1c(C)nc2ccccc2c1NC(=O)Cn1ccnn1. The molecular weight excluding hydrogens is 278 g/mol. The summed E-state index contributed by atoms with van der Waals surface area (Å²) in [5.74, 6) is -0.129. The lowest BCUT2D eigenvalue weighted by Gasteiger charge is -2.15. The first-order valence-electron chi connectivity index (χ1n) is 7.21. The quantitative estimate of drug-likeness (QED) is 0.802. The van der Waals surface area contributed by atoms with Crippen LogP contribution < -0.4 is 5.32 Å². The molecule has 0 fully saturated rings. The second-order valence-electron chi connectivity index (χ2n) is 5.07. The Kier molecular flexibility index (Phi) is 3.82. The van der Waals surface area contributed by atoms with E-state index in [2.05, 4.69) is 27.5 Å². The zero-order chi connectivity index (χ0) is 15.5. The van der Waals surface area contributed by atoms with Crippen molar-refractivity contribution in [3.63, 3.8) is 0 Å². The lowest BCUT2D eigenvalue weighted by Crippen LogP contribution is -2.20. The normalized spacial score (nSPS) is 10.8. The number of aromatic nitrogens is 4. The van der Waals surface area contributed by atoms with Crippen LogP contribution in [0.1, 0.15) is 18.2 Å². The molecule has 0 unspecified atom stereocenters. The molecule has 0 aliphatic rings. The number of amides is 1. The van der Waals surface area contributed by atoms with Gasteiger partial charge >= 0.3 is 0 Å². The molecule has 0 saturated heterocycles. The Morgan fingerprint density at radius 3 is 2.86 bits per heavy atom. The molecule has 0 aliphatic carbocycles. The van der Waals surface area contributed by atoms with Crippen LogP contribution in [0.2, 0.25) is 0 Å². The van der Waals surface area contributed by atoms with Gasteiger partial charge in [-0.05, 0) is 25.0 Å². The summed E-state index contributed by atoms with van der Waals surface area (Å²) >= 11 is 0. The standard InChI is InChI=1S/C16H17N5O/c1-3-12-11(2)18-14-7-5-4-6-13(14)16(12)19-15(22)10-21-9-8-17-20-21/h4-9H,3,10H2,1-2H3,(H,18,19,22). The van der Waals surface area contributed by atoms with E-state index in [9.17, 15) is 4.79 Å². The van der Waals surface area contributed by atoms with E-state index in [-0.39, 0.29) is 12.5 Å². The summed E-state index contributed by atoms with van der Waals surface area (Å²) in [5.41, 5.74) is 3.73. The minimum Gasteiger partial charge on any atom is -0.324 e. The molecule has 0 atom stereocenters. The minimum absolute atomic E-state index is 0.129. The Morgan fingerprint density at radius 2 is 2.14 bits per heavy atom. The molecular formula is C16H17N5O.